The van der Waals surface area contributed by atoms with Gasteiger partial charge in [0.25, 0.3) is 5.91 Å². The summed E-state index contributed by atoms with van der Waals surface area (Å²) in [5.74, 6) is -1.09. The third-order valence-electron chi connectivity index (χ3n) is 3.89. The van der Waals surface area contributed by atoms with Crippen molar-refractivity contribution in [3.8, 4) is 11.5 Å². The highest BCUT2D eigenvalue weighted by atomic mass is 19.1. The zero-order chi connectivity index (χ0) is 19.5. The molecule has 0 spiro atoms. The van der Waals surface area contributed by atoms with Gasteiger partial charge >= 0.3 is 0 Å². The molecule has 0 saturated heterocycles. The van der Waals surface area contributed by atoms with Crippen molar-refractivity contribution in [3.63, 3.8) is 0 Å². The molecule has 2 N–H and O–H groups in total. The molecule has 1 amide bonds. The van der Waals surface area contributed by atoms with E-state index >= 15 is 0 Å². The normalized spacial score (nSPS) is 12.4. The Kier molecular flexibility index (Phi) is 4.71. The summed E-state index contributed by atoms with van der Waals surface area (Å²) in [6.07, 6.45) is 1.31. The van der Waals surface area contributed by atoms with Gasteiger partial charge in [0.2, 0.25) is 5.95 Å². The minimum Gasteiger partial charge on any atom is -0.486 e. The van der Waals surface area contributed by atoms with Gasteiger partial charge in [-0.1, -0.05) is 6.07 Å². The van der Waals surface area contributed by atoms with E-state index in [9.17, 15) is 13.6 Å². The summed E-state index contributed by atoms with van der Waals surface area (Å²) in [6.45, 7) is 0.899. The van der Waals surface area contributed by atoms with E-state index in [4.69, 9.17) is 9.47 Å². The van der Waals surface area contributed by atoms with Crippen LogP contribution in [0.2, 0.25) is 0 Å². The highest BCUT2D eigenvalue weighted by Gasteiger charge is 2.15. The number of ether oxygens (including phenoxy) is 2. The van der Waals surface area contributed by atoms with Crippen LogP contribution in [0.1, 0.15) is 10.5 Å². The molecule has 0 aliphatic carbocycles. The SMILES string of the molecule is O=C(Nc1ccc2c(c1)OCCO2)c1ccnc(Nc2c(F)cccc2F)n1. The topological polar surface area (TPSA) is 85.4 Å². The van der Waals surface area contributed by atoms with Crippen LogP contribution in [0.25, 0.3) is 0 Å². The van der Waals surface area contributed by atoms with Gasteiger partial charge in [-0.05, 0) is 30.3 Å². The maximum Gasteiger partial charge on any atom is 0.274 e. The van der Waals surface area contributed by atoms with Gasteiger partial charge in [0.1, 0.15) is 36.2 Å². The summed E-state index contributed by atoms with van der Waals surface area (Å²) in [5, 5.41) is 5.13. The number of para-hydroxylation sites is 1. The van der Waals surface area contributed by atoms with E-state index < -0.39 is 23.2 Å². The van der Waals surface area contributed by atoms with Crippen LogP contribution >= 0.6 is 0 Å². The molecule has 3 aromatic rings. The second-order valence-corrected chi connectivity index (χ2v) is 5.80. The first-order valence-corrected chi connectivity index (χ1v) is 8.35. The number of hydrogen-bond acceptors (Lipinski definition) is 6. The maximum atomic E-state index is 13.8. The summed E-state index contributed by atoms with van der Waals surface area (Å²) in [6, 6.07) is 9.83. The number of nitrogens with zero attached hydrogens (tertiary/aromatic N) is 2. The zero-order valence-electron chi connectivity index (χ0n) is 14.4. The van der Waals surface area contributed by atoms with Crippen molar-refractivity contribution in [1.29, 1.82) is 0 Å². The predicted molar refractivity (Wildman–Crippen MR) is 97.1 cm³/mol. The first-order valence-electron chi connectivity index (χ1n) is 8.35. The largest absolute Gasteiger partial charge is 0.486 e. The minimum atomic E-state index is -0.797. The van der Waals surface area contributed by atoms with Gasteiger partial charge < -0.3 is 20.1 Å². The quantitative estimate of drug-likeness (QED) is 0.716. The number of rotatable bonds is 4. The number of amides is 1. The third kappa shape index (κ3) is 3.68. The first kappa shape index (κ1) is 17.7. The molecule has 0 bridgehead atoms. The Balaban J connectivity index is 1.52. The Hall–Kier alpha value is -3.75. The molecule has 28 heavy (non-hydrogen) atoms. The van der Waals surface area contributed by atoms with Crippen molar-refractivity contribution in [2.24, 2.45) is 0 Å². The van der Waals surface area contributed by atoms with E-state index in [1.54, 1.807) is 18.2 Å². The lowest BCUT2D eigenvalue weighted by molar-refractivity contribution is 0.102. The lowest BCUT2D eigenvalue weighted by atomic mass is 10.2. The van der Waals surface area contributed by atoms with Gasteiger partial charge in [0.05, 0.1) is 0 Å². The van der Waals surface area contributed by atoms with Gasteiger partial charge in [0, 0.05) is 18.0 Å². The van der Waals surface area contributed by atoms with Gasteiger partial charge in [-0.15, -0.1) is 0 Å². The number of carbonyl (C=O) groups excluding carboxylic acids is 1. The van der Waals surface area contributed by atoms with Crippen molar-refractivity contribution in [2.45, 2.75) is 0 Å². The molecule has 7 nitrogen and oxygen atoms in total. The average Bonchev–Trinajstić information content (AvgIpc) is 2.71. The van der Waals surface area contributed by atoms with Crippen LogP contribution in [0, 0.1) is 11.6 Å². The van der Waals surface area contributed by atoms with Crippen LogP contribution < -0.4 is 20.1 Å². The Morgan fingerprint density at radius 2 is 1.75 bits per heavy atom. The van der Waals surface area contributed by atoms with E-state index in [0.717, 1.165) is 12.1 Å². The molecule has 0 radical (unpaired) electrons. The summed E-state index contributed by atoms with van der Waals surface area (Å²) in [5.41, 5.74) is 0.110. The standard InChI is InChI=1S/C19H14F2N4O3/c20-12-2-1-3-13(21)17(12)25-19-22-7-6-14(24-19)18(26)23-11-4-5-15-16(10-11)28-9-8-27-15/h1-7,10H,8-9H2,(H,23,26)(H,22,24,25). The number of carbonyl (C=O) groups is 1. The lowest BCUT2D eigenvalue weighted by Gasteiger charge is -2.19. The summed E-state index contributed by atoms with van der Waals surface area (Å²) in [4.78, 5) is 20.4. The van der Waals surface area contributed by atoms with Crippen LogP contribution in [0.5, 0.6) is 11.5 Å². The van der Waals surface area contributed by atoms with Crippen LogP contribution in [-0.2, 0) is 0 Å². The van der Waals surface area contributed by atoms with Crippen LogP contribution in [0.4, 0.5) is 26.1 Å². The van der Waals surface area contributed by atoms with Crippen molar-refractivity contribution in [1.82, 2.24) is 9.97 Å². The number of benzene rings is 2. The van der Waals surface area contributed by atoms with Crippen molar-refractivity contribution >= 4 is 23.2 Å². The molecule has 4 rings (SSSR count). The zero-order valence-corrected chi connectivity index (χ0v) is 14.4. The second-order valence-electron chi connectivity index (χ2n) is 5.80. The van der Waals surface area contributed by atoms with Gasteiger partial charge in [-0.3, -0.25) is 4.79 Å². The van der Waals surface area contributed by atoms with Crippen LogP contribution in [0.15, 0.2) is 48.7 Å². The number of halogens is 2. The molecular weight excluding hydrogens is 370 g/mol. The average molecular weight is 384 g/mol. The molecule has 142 valence electrons. The van der Waals surface area contributed by atoms with Gasteiger partial charge in [-0.25, -0.2) is 18.7 Å². The molecule has 1 aliphatic rings. The van der Waals surface area contributed by atoms with Gasteiger partial charge in [-0.2, -0.15) is 0 Å². The number of aromatic nitrogens is 2. The summed E-state index contributed by atoms with van der Waals surface area (Å²) in [7, 11) is 0. The van der Waals surface area contributed by atoms with E-state index in [1.807, 2.05) is 0 Å². The molecule has 1 aliphatic heterocycles. The van der Waals surface area contributed by atoms with E-state index in [1.165, 1.54) is 18.3 Å². The first-order chi connectivity index (χ1) is 13.6. The molecule has 0 atom stereocenters. The molecule has 0 saturated carbocycles. The van der Waals surface area contributed by atoms with Crippen molar-refractivity contribution < 1.29 is 23.0 Å². The number of hydrogen-bond donors (Lipinski definition) is 2. The Bertz CT molecular complexity index is 1030. The van der Waals surface area contributed by atoms with Gasteiger partial charge in [0.15, 0.2) is 11.5 Å². The summed E-state index contributed by atoms with van der Waals surface area (Å²) < 4.78 is 38.4. The molecule has 9 heteroatoms. The molecule has 1 aromatic heterocycles. The van der Waals surface area contributed by atoms with Crippen LogP contribution in [0.3, 0.4) is 0 Å². The summed E-state index contributed by atoms with van der Waals surface area (Å²) >= 11 is 0. The highest BCUT2D eigenvalue weighted by molar-refractivity contribution is 6.03. The maximum absolute atomic E-state index is 13.8. The molecule has 0 unspecified atom stereocenters. The minimum absolute atomic E-state index is 0.0177. The van der Waals surface area contributed by atoms with Crippen LogP contribution in [-0.4, -0.2) is 29.1 Å². The predicted octanol–water partition coefficient (Wildman–Crippen LogP) is 3.52. The number of anilines is 3. The molecule has 2 aromatic carbocycles. The second kappa shape index (κ2) is 7.47. The smallest absolute Gasteiger partial charge is 0.274 e. The Labute approximate surface area is 158 Å². The number of nitrogens with one attached hydrogen (secondary N) is 2. The Morgan fingerprint density at radius 3 is 2.54 bits per heavy atom. The number of fused-ring (bicyclic) bond motifs is 1. The fourth-order valence-corrected chi connectivity index (χ4v) is 2.59. The van der Waals surface area contributed by atoms with Crippen molar-refractivity contribution in [3.05, 3.63) is 66.0 Å². The lowest BCUT2D eigenvalue weighted by Crippen LogP contribution is -2.17. The van der Waals surface area contributed by atoms with E-state index in [0.29, 0.717) is 30.4 Å². The molecular formula is C19H14F2N4O3. The Morgan fingerprint density at radius 1 is 1.00 bits per heavy atom. The fourth-order valence-electron chi connectivity index (χ4n) is 2.59. The third-order valence-corrected chi connectivity index (χ3v) is 3.89. The molecule has 2 heterocycles. The van der Waals surface area contributed by atoms with Crippen molar-refractivity contribution in [2.75, 3.05) is 23.8 Å². The highest BCUT2D eigenvalue weighted by Crippen LogP contribution is 2.32. The fraction of sp³-hybridized carbons (Fsp3) is 0.105. The van der Waals surface area contributed by atoms with E-state index in [2.05, 4.69) is 20.6 Å². The molecule has 0 fully saturated rings. The van der Waals surface area contributed by atoms with E-state index in [-0.39, 0.29) is 11.6 Å². The monoisotopic (exact) mass is 384 g/mol.